The van der Waals surface area contributed by atoms with Gasteiger partial charge in [0.05, 0.1) is 6.61 Å². The summed E-state index contributed by atoms with van der Waals surface area (Å²) in [5, 5.41) is 0. The van der Waals surface area contributed by atoms with Crippen LogP contribution >= 0.6 is 0 Å². The van der Waals surface area contributed by atoms with Gasteiger partial charge in [-0.2, -0.15) is 0 Å². The van der Waals surface area contributed by atoms with Gasteiger partial charge in [-0.15, -0.1) is 0 Å². The molecule has 0 radical (unpaired) electrons. The van der Waals surface area contributed by atoms with E-state index in [9.17, 15) is 4.79 Å². The van der Waals surface area contributed by atoms with Crippen LogP contribution in [0.25, 0.3) is 0 Å². The Kier molecular flexibility index (Phi) is 8.06. The van der Waals surface area contributed by atoms with Gasteiger partial charge in [0.1, 0.15) is 0 Å². The van der Waals surface area contributed by atoms with Crippen molar-refractivity contribution < 1.29 is 9.53 Å². The summed E-state index contributed by atoms with van der Waals surface area (Å²) in [6.07, 6.45) is 5.62. The summed E-state index contributed by atoms with van der Waals surface area (Å²) in [5.41, 5.74) is 2.07. The van der Waals surface area contributed by atoms with Gasteiger partial charge < -0.3 is 4.74 Å². The Hall–Kier alpha value is -0.790. The van der Waals surface area contributed by atoms with Gasteiger partial charge in [-0.1, -0.05) is 32.3 Å². The lowest BCUT2D eigenvalue weighted by atomic mass is 10.0. The molecule has 0 saturated carbocycles. The van der Waals surface area contributed by atoms with Gasteiger partial charge >= 0.3 is 5.97 Å². The molecule has 0 aliphatic heterocycles. The van der Waals surface area contributed by atoms with Crippen molar-refractivity contribution in [1.82, 2.24) is 0 Å². The first-order chi connectivity index (χ1) is 7.17. The lowest BCUT2D eigenvalue weighted by molar-refractivity contribution is -0.138. The number of allylic oxidation sites excluding steroid dienone is 1. The highest BCUT2D eigenvalue weighted by atomic mass is 16.5. The van der Waals surface area contributed by atoms with Crippen LogP contribution in [0.1, 0.15) is 59.8 Å². The fraction of sp³-hybridized carbons (Fsp3) is 0.769. The molecular formula is C13H24O2. The van der Waals surface area contributed by atoms with Crippen LogP contribution in [-0.4, -0.2) is 12.6 Å². The zero-order valence-electron chi connectivity index (χ0n) is 10.6. The zero-order chi connectivity index (χ0) is 11.7. The number of hydrogen-bond acceptors (Lipinski definition) is 2. The second-order valence-electron chi connectivity index (χ2n) is 3.76. The summed E-state index contributed by atoms with van der Waals surface area (Å²) in [6.45, 7) is 8.47. The Balaban J connectivity index is 4.31. The summed E-state index contributed by atoms with van der Waals surface area (Å²) >= 11 is 0. The Bertz CT molecular complexity index is 217. The van der Waals surface area contributed by atoms with Crippen molar-refractivity contribution in [2.45, 2.75) is 59.8 Å². The van der Waals surface area contributed by atoms with Gasteiger partial charge in [0.25, 0.3) is 0 Å². The molecule has 0 rings (SSSR count). The fourth-order valence-corrected chi connectivity index (χ4v) is 1.60. The molecular weight excluding hydrogens is 188 g/mol. The fourth-order valence-electron chi connectivity index (χ4n) is 1.60. The summed E-state index contributed by atoms with van der Waals surface area (Å²) in [5.74, 6) is -0.147. The maximum Gasteiger partial charge on any atom is 0.333 e. The van der Waals surface area contributed by atoms with Gasteiger partial charge in [0, 0.05) is 5.57 Å². The van der Waals surface area contributed by atoms with E-state index in [2.05, 4.69) is 13.8 Å². The lowest BCUT2D eigenvalue weighted by Gasteiger charge is -2.09. The number of carbonyl (C=O) groups excluding carboxylic acids is 1. The van der Waals surface area contributed by atoms with Crippen LogP contribution in [0.3, 0.4) is 0 Å². The minimum Gasteiger partial charge on any atom is -0.463 e. The number of esters is 1. The highest BCUT2D eigenvalue weighted by Crippen LogP contribution is 2.17. The van der Waals surface area contributed by atoms with Gasteiger partial charge in [-0.05, 0) is 33.1 Å². The minimum absolute atomic E-state index is 0.147. The molecule has 0 N–H and O–H groups in total. The quantitative estimate of drug-likeness (QED) is 0.364. The van der Waals surface area contributed by atoms with Crippen molar-refractivity contribution in [2.75, 3.05) is 6.61 Å². The van der Waals surface area contributed by atoms with Gasteiger partial charge in [-0.3, -0.25) is 0 Å². The molecule has 0 saturated heterocycles. The first-order valence-electron chi connectivity index (χ1n) is 6.03. The second-order valence-corrected chi connectivity index (χ2v) is 3.76. The second kappa shape index (κ2) is 8.51. The predicted octanol–water partition coefficient (Wildman–Crippen LogP) is 3.86. The molecule has 0 aromatic carbocycles. The molecule has 0 aliphatic rings. The zero-order valence-corrected chi connectivity index (χ0v) is 10.6. The molecule has 0 spiro atoms. The van der Waals surface area contributed by atoms with Crippen LogP contribution in [-0.2, 0) is 9.53 Å². The summed E-state index contributed by atoms with van der Waals surface area (Å²) in [6, 6.07) is 0. The first kappa shape index (κ1) is 14.2. The molecule has 0 amide bonds. The third kappa shape index (κ3) is 5.60. The van der Waals surface area contributed by atoms with E-state index in [1.165, 1.54) is 24.8 Å². The van der Waals surface area contributed by atoms with E-state index in [1.807, 2.05) is 13.8 Å². The maximum atomic E-state index is 11.5. The minimum atomic E-state index is -0.147. The van der Waals surface area contributed by atoms with Crippen LogP contribution in [0.5, 0.6) is 0 Å². The van der Waals surface area contributed by atoms with Crippen molar-refractivity contribution in [2.24, 2.45) is 0 Å². The van der Waals surface area contributed by atoms with E-state index >= 15 is 0 Å². The van der Waals surface area contributed by atoms with E-state index in [1.54, 1.807) is 0 Å². The number of unbranched alkanes of at least 4 members (excludes halogenated alkanes) is 2. The van der Waals surface area contributed by atoms with Gasteiger partial charge in [-0.25, -0.2) is 4.79 Å². The van der Waals surface area contributed by atoms with Crippen LogP contribution in [0.4, 0.5) is 0 Å². The van der Waals surface area contributed by atoms with Crippen molar-refractivity contribution in [3.63, 3.8) is 0 Å². The molecule has 0 aliphatic carbocycles. The molecule has 2 heteroatoms. The number of rotatable bonds is 7. The number of ether oxygens (including phenoxy) is 1. The molecule has 0 heterocycles. The molecule has 0 unspecified atom stereocenters. The van der Waals surface area contributed by atoms with Crippen LogP contribution in [0.2, 0.25) is 0 Å². The molecule has 2 nitrogen and oxygen atoms in total. The van der Waals surface area contributed by atoms with Crippen molar-refractivity contribution in [3.8, 4) is 0 Å². The molecule has 15 heavy (non-hydrogen) atoms. The smallest absolute Gasteiger partial charge is 0.333 e. The summed E-state index contributed by atoms with van der Waals surface area (Å²) in [4.78, 5) is 11.5. The molecule has 0 aromatic heterocycles. The Morgan fingerprint density at radius 1 is 1.13 bits per heavy atom. The Morgan fingerprint density at radius 2 is 1.80 bits per heavy atom. The average Bonchev–Trinajstić information content (AvgIpc) is 2.24. The largest absolute Gasteiger partial charge is 0.463 e. The monoisotopic (exact) mass is 212 g/mol. The third-order valence-electron chi connectivity index (χ3n) is 2.62. The Labute approximate surface area is 93.7 Å². The highest BCUT2D eigenvalue weighted by molar-refractivity contribution is 5.88. The van der Waals surface area contributed by atoms with E-state index < -0.39 is 0 Å². The van der Waals surface area contributed by atoms with E-state index in [4.69, 9.17) is 4.74 Å². The Morgan fingerprint density at radius 3 is 2.27 bits per heavy atom. The van der Waals surface area contributed by atoms with Crippen LogP contribution in [0, 0.1) is 0 Å². The highest BCUT2D eigenvalue weighted by Gasteiger charge is 2.09. The maximum absolute atomic E-state index is 11.5. The molecule has 0 atom stereocenters. The lowest BCUT2D eigenvalue weighted by Crippen LogP contribution is -2.07. The van der Waals surface area contributed by atoms with E-state index in [0.29, 0.717) is 6.61 Å². The van der Waals surface area contributed by atoms with Gasteiger partial charge in [0.2, 0.25) is 0 Å². The summed E-state index contributed by atoms with van der Waals surface area (Å²) < 4.78 is 5.00. The third-order valence-corrected chi connectivity index (χ3v) is 2.62. The average molecular weight is 212 g/mol. The predicted molar refractivity (Wildman–Crippen MR) is 63.8 cm³/mol. The summed E-state index contributed by atoms with van der Waals surface area (Å²) in [7, 11) is 0. The van der Waals surface area contributed by atoms with E-state index in [-0.39, 0.29) is 5.97 Å². The topological polar surface area (TPSA) is 26.3 Å². The number of carbonyl (C=O) groups is 1. The molecule has 0 fully saturated rings. The molecule has 88 valence electrons. The van der Waals surface area contributed by atoms with Crippen LogP contribution < -0.4 is 0 Å². The van der Waals surface area contributed by atoms with Crippen molar-refractivity contribution in [3.05, 3.63) is 11.1 Å². The van der Waals surface area contributed by atoms with Gasteiger partial charge in [0.15, 0.2) is 0 Å². The SMILES string of the molecule is CCCCCC(CC)=C(C)C(=O)OCC. The van der Waals surface area contributed by atoms with Crippen molar-refractivity contribution >= 4 is 5.97 Å². The van der Waals surface area contributed by atoms with Crippen LogP contribution in [0.15, 0.2) is 11.1 Å². The number of hydrogen-bond donors (Lipinski definition) is 0. The first-order valence-corrected chi connectivity index (χ1v) is 6.03. The van der Waals surface area contributed by atoms with Crippen molar-refractivity contribution in [1.29, 1.82) is 0 Å². The molecule has 0 bridgehead atoms. The standard InChI is InChI=1S/C13H24O2/c1-5-8-9-10-12(6-2)11(4)13(14)15-7-3/h5-10H2,1-4H3. The van der Waals surface area contributed by atoms with E-state index in [0.717, 1.165) is 18.4 Å². The normalized spacial score (nSPS) is 12.3. The molecule has 0 aromatic rings.